The molecule has 0 saturated carbocycles. The maximum Gasteiger partial charge on any atom is 0.191 e. The van der Waals surface area contributed by atoms with Crippen molar-refractivity contribution in [2.45, 2.75) is 33.9 Å². The third-order valence-electron chi connectivity index (χ3n) is 4.11. The van der Waals surface area contributed by atoms with Crippen LogP contribution in [-0.2, 0) is 13.1 Å². The summed E-state index contributed by atoms with van der Waals surface area (Å²) in [6, 6.07) is 14.8. The molecule has 3 aromatic rings. The summed E-state index contributed by atoms with van der Waals surface area (Å²) in [4.78, 5) is 10.6. The SMILES string of the molecule is CCNC(=NCc1cccc2ccccc12)NCc1nc(C)c(C)s1. The van der Waals surface area contributed by atoms with E-state index in [0.29, 0.717) is 13.1 Å². The fourth-order valence-corrected chi connectivity index (χ4v) is 3.58. The number of fused-ring (bicyclic) bond motifs is 1. The Balaban J connectivity index is 1.73. The lowest BCUT2D eigenvalue weighted by atomic mass is 10.1. The van der Waals surface area contributed by atoms with Crippen LogP contribution in [0.5, 0.6) is 0 Å². The van der Waals surface area contributed by atoms with Gasteiger partial charge in [0.25, 0.3) is 0 Å². The van der Waals surface area contributed by atoms with Crippen LogP contribution in [0.1, 0.15) is 28.1 Å². The predicted octanol–water partition coefficient (Wildman–Crippen LogP) is 4.17. The number of nitrogens with zero attached hydrogens (tertiary/aromatic N) is 2. The highest BCUT2D eigenvalue weighted by molar-refractivity contribution is 7.11. The molecule has 25 heavy (non-hydrogen) atoms. The van der Waals surface area contributed by atoms with E-state index < -0.39 is 0 Å². The molecule has 3 rings (SSSR count). The van der Waals surface area contributed by atoms with Crippen molar-refractivity contribution < 1.29 is 0 Å². The second kappa shape index (κ2) is 8.12. The van der Waals surface area contributed by atoms with Gasteiger partial charge in [0.1, 0.15) is 5.01 Å². The first-order valence-corrected chi connectivity index (χ1v) is 9.40. The highest BCUT2D eigenvalue weighted by Crippen LogP contribution is 2.19. The largest absolute Gasteiger partial charge is 0.357 e. The Morgan fingerprint density at radius 2 is 1.88 bits per heavy atom. The second-order valence-corrected chi connectivity index (χ2v) is 7.22. The second-order valence-electron chi connectivity index (χ2n) is 5.94. The van der Waals surface area contributed by atoms with E-state index in [1.165, 1.54) is 21.2 Å². The van der Waals surface area contributed by atoms with Crippen LogP contribution in [0.4, 0.5) is 0 Å². The van der Waals surface area contributed by atoms with Crippen LogP contribution in [0.25, 0.3) is 10.8 Å². The predicted molar refractivity (Wildman–Crippen MR) is 107 cm³/mol. The molecule has 0 aliphatic carbocycles. The van der Waals surface area contributed by atoms with Gasteiger partial charge in [0.2, 0.25) is 0 Å². The number of guanidine groups is 1. The van der Waals surface area contributed by atoms with Gasteiger partial charge in [-0.05, 0) is 37.1 Å². The van der Waals surface area contributed by atoms with Crippen LogP contribution < -0.4 is 10.6 Å². The molecular formula is C20H24N4S. The maximum atomic E-state index is 4.75. The number of hydrogen-bond donors (Lipinski definition) is 2. The normalized spacial score (nSPS) is 11.7. The van der Waals surface area contributed by atoms with E-state index in [9.17, 15) is 0 Å². The Kier molecular flexibility index (Phi) is 5.66. The summed E-state index contributed by atoms with van der Waals surface area (Å²) in [5.41, 5.74) is 2.34. The standard InChI is InChI=1S/C20H24N4S/c1-4-21-20(23-13-19-24-14(2)15(3)25-19)22-12-17-10-7-9-16-8-5-6-11-18(16)17/h5-11H,4,12-13H2,1-3H3,(H2,21,22,23). The molecule has 0 aliphatic rings. The molecule has 0 bridgehead atoms. The molecule has 0 aliphatic heterocycles. The van der Waals surface area contributed by atoms with Gasteiger partial charge in [0.05, 0.1) is 18.8 Å². The molecule has 0 saturated heterocycles. The number of aromatic nitrogens is 1. The zero-order chi connectivity index (χ0) is 17.6. The zero-order valence-corrected chi connectivity index (χ0v) is 15.8. The van der Waals surface area contributed by atoms with Crippen molar-refractivity contribution >= 4 is 28.1 Å². The average molecular weight is 353 g/mol. The van der Waals surface area contributed by atoms with E-state index in [1.807, 2.05) is 0 Å². The summed E-state index contributed by atoms with van der Waals surface area (Å²) >= 11 is 1.73. The third kappa shape index (κ3) is 4.37. The molecule has 2 aromatic carbocycles. The van der Waals surface area contributed by atoms with Gasteiger partial charge in [-0.25, -0.2) is 9.98 Å². The number of thiazole rings is 1. The smallest absolute Gasteiger partial charge is 0.191 e. The summed E-state index contributed by atoms with van der Waals surface area (Å²) in [6.45, 7) is 8.41. The van der Waals surface area contributed by atoms with Crippen molar-refractivity contribution in [2.75, 3.05) is 6.54 Å². The Bertz CT molecular complexity index is 858. The van der Waals surface area contributed by atoms with Gasteiger partial charge < -0.3 is 10.6 Å². The number of rotatable bonds is 5. The molecule has 1 aromatic heterocycles. The minimum Gasteiger partial charge on any atom is -0.357 e. The first-order valence-electron chi connectivity index (χ1n) is 8.59. The number of hydrogen-bond acceptors (Lipinski definition) is 3. The van der Waals surface area contributed by atoms with E-state index in [-0.39, 0.29) is 0 Å². The molecule has 0 atom stereocenters. The fraction of sp³-hybridized carbons (Fsp3) is 0.300. The van der Waals surface area contributed by atoms with Gasteiger partial charge in [-0.3, -0.25) is 0 Å². The lowest BCUT2D eigenvalue weighted by Gasteiger charge is -2.11. The van der Waals surface area contributed by atoms with Crippen molar-refractivity contribution in [3.05, 3.63) is 63.6 Å². The Morgan fingerprint density at radius 3 is 2.64 bits per heavy atom. The molecular weight excluding hydrogens is 328 g/mol. The third-order valence-corrected chi connectivity index (χ3v) is 5.18. The molecule has 0 spiro atoms. The molecule has 0 fully saturated rings. The van der Waals surface area contributed by atoms with Gasteiger partial charge in [-0.2, -0.15) is 0 Å². The molecule has 1 heterocycles. The van der Waals surface area contributed by atoms with Crippen LogP contribution in [0.2, 0.25) is 0 Å². The summed E-state index contributed by atoms with van der Waals surface area (Å²) < 4.78 is 0. The van der Waals surface area contributed by atoms with E-state index in [4.69, 9.17) is 4.99 Å². The molecule has 130 valence electrons. The highest BCUT2D eigenvalue weighted by Gasteiger charge is 2.05. The van der Waals surface area contributed by atoms with Crippen LogP contribution in [0.15, 0.2) is 47.5 Å². The first-order chi connectivity index (χ1) is 12.2. The molecule has 5 heteroatoms. The van der Waals surface area contributed by atoms with Gasteiger partial charge in [-0.15, -0.1) is 11.3 Å². The van der Waals surface area contributed by atoms with Crippen molar-refractivity contribution in [1.29, 1.82) is 0 Å². The minimum absolute atomic E-state index is 0.645. The van der Waals surface area contributed by atoms with Crippen molar-refractivity contribution in [2.24, 2.45) is 4.99 Å². The zero-order valence-electron chi connectivity index (χ0n) is 15.0. The molecule has 4 nitrogen and oxygen atoms in total. The van der Waals surface area contributed by atoms with Crippen molar-refractivity contribution in [3.63, 3.8) is 0 Å². The van der Waals surface area contributed by atoms with E-state index in [2.05, 4.69) is 78.9 Å². The van der Waals surface area contributed by atoms with E-state index in [1.54, 1.807) is 11.3 Å². The summed E-state index contributed by atoms with van der Waals surface area (Å²) in [5.74, 6) is 0.820. The number of aryl methyl sites for hydroxylation is 2. The van der Waals surface area contributed by atoms with Crippen molar-refractivity contribution in [1.82, 2.24) is 15.6 Å². The van der Waals surface area contributed by atoms with Crippen LogP contribution in [0.3, 0.4) is 0 Å². The lowest BCUT2D eigenvalue weighted by Crippen LogP contribution is -2.36. The topological polar surface area (TPSA) is 49.3 Å². The Labute approximate surface area is 153 Å². The van der Waals surface area contributed by atoms with Gasteiger partial charge in [0.15, 0.2) is 5.96 Å². The monoisotopic (exact) mass is 352 g/mol. The lowest BCUT2D eigenvalue weighted by molar-refractivity contribution is 0.810. The molecule has 2 N–H and O–H groups in total. The Hall–Kier alpha value is -2.40. The highest BCUT2D eigenvalue weighted by atomic mass is 32.1. The Morgan fingerprint density at radius 1 is 1.08 bits per heavy atom. The fourth-order valence-electron chi connectivity index (χ4n) is 2.71. The molecule has 0 radical (unpaired) electrons. The maximum absolute atomic E-state index is 4.75. The van der Waals surface area contributed by atoms with E-state index in [0.717, 1.165) is 23.2 Å². The summed E-state index contributed by atoms with van der Waals surface area (Å²) in [7, 11) is 0. The van der Waals surface area contributed by atoms with Crippen molar-refractivity contribution in [3.8, 4) is 0 Å². The minimum atomic E-state index is 0.645. The van der Waals surface area contributed by atoms with Crippen LogP contribution in [-0.4, -0.2) is 17.5 Å². The van der Waals surface area contributed by atoms with E-state index >= 15 is 0 Å². The first kappa shape index (κ1) is 17.4. The van der Waals surface area contributed by atoms with Crippen LogP contribution >= 0.6 is 11.3 Å². The van der Waals surface area contributed by atoms with Gasteiger partial charge >= 0.3 is 0 Å². The average Bonchev–Trinajstić information content (AvgIpc) is 2.95. The number of benzene rings is 2. The van der Waals surface area contributed by atoms with Gasteiger partial charge in [0, 0.05) is 11.4 Å². The van der Waals surface area contributed by atoms with Gasteiger partial charge in [-0.1, -0.05) is 42.5 Å². The molecule has 0 amide bonds. The molecule has 0 unspecified atom stereocenters. The summed E-state index contributed by atoms with van der Waals surface area (Å²) in [5, 5.41) is 10.3. The summed E-state index contributed by atoms with van der Waals surface area (Å²) in [6.07, 6.45) is 0. The quantitative estimate of drug-likeness (QED) is 0.535. The number of aliphatic imine (C=N–C) groups is 1. The number of nitrogens with one attached hydrogen (secondary N) is 2. The van der Waals surface area contributed by atoms with Crippen LogP contribution in [0, 0.1) is 13.8 Å².